The lowest BCUT2D eigenvalue weighted by atomic mass is 9.70. The normalized spacial score (nSPS) is 29.3. The zero-order valence-corrected chi connectivity index (χ0v) is 11.0. The second-order valence-corrected chi connectivity index (χ2v) is 6.28. The molecule has 0 bridgehead atoms. The fraction of sp³-hybridized carbons (Fsp3) is 1.00. The van der Waals surface area contributed by atoms with Crippen molar-refractivity contribution in [1.82, 2.24) is 5.32 Å². The molecule has 17 heavy (non-hydrogen) atoms. The van der Waals surface area contributed by atoms with E-state index < -0.39 is 12.6 Å². The molecule has 0 aromatic carbocycles. The van der Waals surface area contributed by atoms with Crippen LogP contribution in [-0.4, -0.2) is 18.8 Å². The van der Waals surface area contributed by atoms with Gasteiger partial charge in [0.2, 0.25) is 0 Å². The molecule has 1 nitrogen and oxygen atoms in total. The molecule has 1 N–H and O–H groups in total. The number of hydrogen-bond acceptors (Lipinski definition) is 1. The van der Waals surface area contributed by atoms with Crippen LogP contribution in [0.3, 0.4) is 0 Å². The first kappa shape index (κ1) is 14.8. The minimum atomic E-state index is -4.01. The lowest BCUT2D eigenvalue weighted by Crippen LogP contribution is -2.40. The Balaban J connectivity index is 2.23. The minimum absolute atomic E-state index is 0.189. The smallest absolute Gasteiger partial charge is 0.314 e. The highest BCUT2D eigenvalue weighted by molar-refractivity contribution is 4.86. The van der Waals surface area contributed by atoms with Gasteiger partial charge in [0.1, 0.15) is 0 Å². The van der Waals surface area contributed by atoms with E-state index in [2.05, 4.69) is 26.1 Å². The molecule has 0 aromatic rings. The van der Waals surface area contributed by atoms with Gasteiger partial charge in [-0.25, -0.2) is 0 Å². The highest BCUT2D eigenvalue weighted by atomic mass is 19.4. The van der Waals surface area contributed by atoms with E-state index in [1.165, 1.54) is 6.42 Å². The van der Waals surface area contributed by atoms with Crippen molar-refractivity contribution in [2.75, 3.05) is 6.54 Å². The minimum Gasteiger partial charge on any atom is -0.314 e. The molecule has 0 aromatic heterocycles. The third-order valence-electron chi connectivity index (χ3n) is 3.46. The van der Waals surface area contributed by atoms with Crippen molar-refractivity contribution in [2.45, 2.75) is 65.1 Å². The molecule has 0 aliphatic heterocycles. The molecule has 0 saturated heterocycles. The highest BCUT2D eigenvalue weighted by Gasteiger charge is 2.32. The molecule has 2 unspecified atom stereocenters. The van der Waals surface area contributed by atoms with Gasteiger partial charge in [-0.15, -0.1) is 0 Å². The van der Waals surface area contributed by atoms with Crippen molar-refractivity contribution >= 4 is 0 Å². The molecular formula is C13H24F3N. The Morgan fingerprint density at radius 2 is 1.88 bits per heavy atom. The summed E-state index contributed by atoms with van der Waals surface area (Å²) in [5.41, 5.74) is 0.319. The van der Waals surface area contributed by atoms with Gasteiger partial charge >= 0.3 is 6.18 Å². The van der Waals surface area contributed by atoms with E-state index in [9.17, 15) is 13.2 Å². The van der Waals surface area contributed by atoms with Gasteiger partial charge in [0, 0.05) is 12.5 Å². The maximum atomic E-state index is 12.0. The van der Waals surface area contributed by atoms with Gasteiger partial charge in [0.15, 0.2) is 0 Å². The van der Waals surface area contributed by atoms with Gasteiger partial charge in [0.25, 0.3) is 0 Å². The second-order valence-electron chi connectivity index (χ2n) is 6.28. The maximum absolute atomic E-state index is 12.0. The van der Waals surface area contributed by atoms with Crippen LogP contribution in [0.25, 0.3) is 0 Å². The Hall–Kier alpha value is -0.250. The van der Waals surface area contributed by atoms with Crippen molar-refractivity contribution in [3.8, 4) is 0 Å². The summed E-state index contributed by atoms with van der Waals surface area (Å²) in [7, 11) is 0. The Kier molecular flexibility index (Phi) is 4.87. The van der Waals surface area contributed by atoms with Crippen LogP contribution in [0.5, 0.6) is 0 Å². The van der Waals surface area contributed by atoms with Crippen molar-refractivity contribution in [3.63, 3.8) is 0 Å². The summed E-state index contributed by atoms with van der Waals surface area (Å²) < 4.78 is 35.9. The number of hydrogen-bond donors (Lipinski definition) is 1. The largest absolute Gasteiger partial charge is 0.389 e. The van der Waals surface area contributed by atoms with Crippen LogP contribution >= 0.6 is 0 Å². The zero-order chi connectivity index (χ0) is 13.1. The Bertz CT molecular complexity index is 235. The van der Waals surface area contributed by atoms with Crippen molar-refractivity contribution in [2.24, 2.45) is 11.3 Å². The lowest BCUT2D eigenvalue weighted by Gasteiger charge is -2.39. The van der Waals surface area contributed by atoms with Crippen molar-refractivity contribution in [1.29, 1.82) is 0 Å². The first-order valence-electron chi connectivity index (χ1n) is 6.48. The van der Waals surface area contributed by atoms with Crippen LogP contribution in [0.15, 0.2) is 0 Å². The van der Waals surface area contributed by atoms with E-state index in [0.717, 1.165) is 12.8 Å². The summed E-state index contributed by atoms with van der Waals surface area (Å²) in [6.07, 6.45) is -1.12. The van der Waals surface area contributed by atoms with E-state index in [-0.39, 0.29) is 6.42 Å². The third-order valence-corrected chi connectivity index (χ3v) is 3.46. The molecule has 102 valence electrons. The number of alkyl halides is 3. The predicted molar refractivity (Wildman–Crippen MR) is 63.9 cm³/mol. The van der Waals surface area contributed by atoms with Crippen LogP contribution in [0.2, 0.25) is 0 Å². The van der Waals surface area contributed by atoms with Crippen LogP contribution in [0, 0.1) is 11.3 Å². The molecule has 0 heterocycles. The van der Waals surface area contributed by atoms with Crippen LogP contribution < -0.4 is 5.32 Å². The lowest BCUT2D eigenvalue weighted by molar-refractivity contribution is -0.135. The van der Waals surface area contributed by atoms with Gasteiger partial charge in [-0.1, -0.05) is 20.8 Å². The first-order valence-corrected chi connectivity index (χ1v) is 6.48. The van der Waals surface area contributed by atoms with Gasteiger partial charge in [-0.3, -0.25) is 0 Å². The second kappa shape index (κ2) is 5.59. The highest BCUT2D eigenvalue weighted by Crippen LogP contribution is 2.38. The summed E-state index contributed by atoms with van der Waals surface area (Å²) in [5.74, 6) is 0.666. The maximum Gasteiger partial charge on any atom is 0.389 e. The Morgan fingerprint density at radius 1 is 1.24 bits per heavy atom. The number of halogens is 3. The van der Waals surface area contributed by atoms with Crippen molar-refractivity contribution in [3.05, 3.63) is 0 Å². The fourth-order valence-corrected chi connectivity index (χ4v) is 3.10. The van der Waals surface area contributed by atoms with E-state index >= 15 is 0 Å². The monoisotopic (exact) mass is 251 g/mol. The van der Waals surface area contributed by atoms with E-state index in [1.54, 1.807) is 0 Å². The molecular weight excluding hydrogens is 227 g/mol. The molecule has 0 radical (unpaired) electrons. The number of nitrogens with one attached hydrogen (secondary N) is 1. The Morgan fingerprint density at radius 3 is 2.41 bits per heavy atom. The predicted octanol–water partition coefficient (Wildman–Crippen LogP) is 4.13. The SMILES string of the molecule is CC1CC(NCCCC(F)(F)F)CC(C)(C)C1. The molecule has 1 aliphatic rings. The third kappa shape index (κ3) is 6.29. The standard InChI is InChI=1S/C13H24F3N/c1-10-7-11(9-12(2,3)8-10)17-6-4-5-13(14,15)16/h10-11,17H,4-9H2,1-3H3. The fourth-order valence-electron chi connectivity index (χ4n) is 3.10. The summed E-state index contributed by atoms with van der Waals surface area (Å²) in [4.78, 5) is 0. The average molecular weight is 251 g/mol. The molecule has 1 fully saturated rings. The van der Waals surface area contributed by atoms with Crippen LogP contribution in [-0.2, 0) is 0 Å². The molecule has 1 rings (SSSR count). The van der Waals surface area contributed by atoms with E-state index in [4.69, 9.17) is 0 Å². The summed E-state index contributed by atoms with van der Waals surface area (Å²) in [5, 5.41) is 3.28. The average Bonchev–Trinajstić information content (AvgIpc) is 2.07. The number of rotatable bonds is 4. The molecule has 1 saturated carbocycles. The summed E-state index contributed by atoms with van der Waals surface area (Å²) >= 11 is 0. The molecule has 0 spiro atoms. The van der Waals surface area contributed by atoms with Gasteiger partial charge in [-0.2, -0.15) is 13.2 Å². The summed E-state index contributed by atoms with van der Waals surface area (Å²) in [6, 6.07) is 0.391. The van der Waals surface area contributed by atoms with E-state index in [0.29, 0.717) is 23.9 Å². The zero-order valence-electron chi connectivity index (χ0n) is 11.0. The van der Waals surface area contributed by atoms with Gasteiger partial charge in [-0.05, 0) is 43.6 Å². The molecule has 1 aliphatic carbocycles. The first-order chi connectivity index (χ1) is 7.68. The molecule has 4 heteroatoms. The van der Waals surface area contributed by atoms with Crippen LogP contribution in [0.1, 0.15) is 52.9 Å². The van der Waals surface area contributed by atoms with Crippen molar-refractivity contribution < 1.29 is 13.2 Å². The van der Waals surface area contributed by atoms with Gasteiger partial charge < -0.3 is 5.32 Å². The quantitative estimate of drug-likeness (QED) is 0.741. The Labute approximate surface area is 102 Å². The van der Waals surface area contributed by atoms with Gasteiger partial charge in [0.05, 0.1) is 0 Å². The van der Waals surface area contributed by atoms with Crippen LogP contribution in [0.4, 0.5) is 13.2 Å². The topological polar surface area (TPSA) is 12.0 Å². The summed E-state index contributed by atoms with van der Waals surface area (Å²) in [6.45, 7) is 7.19. The molecule has 0 amide bonds. The van der Waals surface area contributed by atoms with E-state index in [1.807, 2.05) is 0 Å². The molecule has 2 atom stereocenters.